The van der Waals surface area contributed by atoms with E-state index in [1.54, 1.807) is 44.3 Å². The van der Waals surface area contributed by atoms with E-state index in [1.807, 2.05) is 30.6 Å². The van der Waals surface area contributed by atoms with Gasteiger partial charge in [-0.05, 0) is 56.5 Å². The average molecular weight is 473 g/mol. The van der Waals surface area contributed by atoms with Crippen LogP contribution in [0.2, 0.25) is 0 Å². The lowest BCUT2D eigenvalue weighted by Gasteiger charge is -2.24. The highest BCUT2D eigenvalue weighted by atomic mass is 33.1. The number of hydrogen-bond donors (Lipinski definition) is 2. The summed E-state index contributed by atoms with van der Waals surface area (Å²) in [6.45, 7) is 3.64. The standard InChI is InChI=1S/C19H32N6O4S2/c1-20-12(9-14(18(26)27)22(2)3)16(24(6)7)30-31-17-13(21-11-25(17)8)10-15(19(28)29)23(4)5/h11,14-15H,1,9-10H2,2-8H3,(H,26,27)(H,28,29). The number of rotatable bonds is 13. The summed E-state index contributed by atoms with van der Waals surface area (Å²) in [6, 6.07) is -1.42. The quantitative estimate of drug-likeness (QED) is 0.324. The van der Waals surface area contributed by atoms with Gasteiger partial charge in [0.1, 0.15) is 22.1 Å². The van der Waals surface area contributed by atoms with Crippen LogP contribution >= 0.6 is 21.6 Å². The molecule has 1 aromatic heterocycles. The van der Waals surface area contributed by atoms with E-state index in [0.29, 0.717) is 11.4 Å². The molecule has 1 aromatic rings. The van der Waals surface area contributed by atoms with Gasteiger partial charge < -0.3 is 19.7 Å². The molecule has 1 heterocycles. The van der Waals surface area contributed by atoms with Gasteiger partial charge in [-0.2, -0.15) is 0 Å². The highest BCUT2D eigenvalue weighted by molar-refractivity contribution is 8.78. The van der Waals surface area contributed by atoms with E-state index in [9.17, 15) is 19.8 Å². The molecule has 0 amide bonds. The van der Waals surface area contributed by atoms with Crippen LogP contribution in [0.3, 0.4) is 0 Å². The normalized spacial score (nSPS) is 14.4. The summed E-state index contributed by atoms with van der Waals surface area (Å²) in [7, 11) is 15.3. The number of nitrogens with zero attached hydrogens (tertiary/aromatic N) is 6. The van der Waals surface area contributed by atoms with E-state index >= 15 is 0 Å². The largest absolute Gasteiger partial charge is 0.480 e. The molecule has 0 spiro atoms. The first-order chi connectivity index (χ1) is 14.4. The molecule has 10 nitrogen and oxygen atoms in total. The first-order valence-electron chi connectivity index (χ1n) is 9.41. The molecule has 0 aliphatic rings. The Labute approximate surface area is 191 Å². The second-order valence-electron chi connectivity index (χ2n) is 7.62. The van der Waals surface area contributed by atoms with Crippen LogP contribution in [0.5, 0.6) is 0 Å². The van der Waals surface area contributed by atoms with Crippen molar-refractivity contribution in [2.24, 2.45) is 12.0 Å². The van der Waals surface area contributed by atoms with E-state index in [2.05, 4.69) is 16.7 Å². The van der Waals surface area contributed by atoms with E-state index in [-0.39, 0.29) is 12.8 Å². The smallest absolute Gasteiger partial charge is 0.321 e. The lowest BCUT2D eigenvalue weighted by atomic mass is 10.1. The van der Waals surface area contributed by atoms with Crippen LogP contribution in [0, 0.1) is 0 Å². The first-order valence-corrected chi connectivity index (χ1v) is 11.6. The summed E-state index contributed by atoms with van der Waals surface area (Å²) >= 11 is 0. The lowest BCUT2D eigenvalue weighted by Crippen LogP contribution is -2.37. The van der Waals surface area contributed by atoms with Gasteiger partial charge in [0.2, 0.25) is 0 Å². The SMILES string of the molecule is C=NC(CC(C(=O)O)N(C)C)=C(SSc1c(CC(C(=O)O)N(C)C)ncn1C)N(C)C. The molecule has 12 heteroatoms. The molecule has 2 N–H and O–H groups in total. The Bertz CT molecular complexity index is 822. The number of carbonyl (C=O) groups is 2. The number of aliphatic imine (C=N–C) groups is 1. The van der Waals surface area contributed by atoms with Crippen molar-refractivity contribution >= 4 is 40.2 Å². The maximum Gasteiger partial charge on any atom is 0.321 e. The molecule has 0 fully saturated rings. The highest BCUT2D eigenvalue weighted by Gasteiger charge is 2.26. The molecule has 2 atom stereocenters. The van der Waals surface area contributed by atoms with Crippen molar-refractivity contribution in [3.8, 4) is 0 Å². The summed E-state index contributed by atoms with van der Waals surface area (Å²) in [5.74, 6) is -1.84. The molecular formula is C19H32N6O4S2. The number of imidazole rings is 1. The van der Waals surface area contributed by atoms with Crippen molar-refractivity contribution in [1.29, 1.82) is 0 Å². The molecule has 2 unspecified atom stereocenters. The second kappa shape index (κ2) is 12.1. The Morgan fingerprint density at radius 2 is 1.68 bits per heavy atom. The zero-order chi connectivity index (χ0) is 23.9. The maximum atomic E-state index is 11.6. The Morgan fingerprint density at radius 3 is 2.10 bits per heavy atom. The minimum Gasteiger partial charge on any atom is -0.480 e. The van der Waals surface area contributed by atoms with E-state index in [0.717, 1.165) is 10.1 Å². The van der Waals surface area contributed by atoms with Gasteiger partial charge in [-0.15, -0.1) is 0 Å². The third-order valence-corrected chi connectivity index (χ3v) is 7.31. The van der Waals surface area contributed by atoms with Crippen LogP contribution in [0.1, 0.15) is 12.1 Å². The fraction of sp³-hybridized carbons (Fsp3) is 0.579. The predicted octanol–water partition coefficient (Wildman–Crippen LogP) is 1.55. The summed E-state index contributed by atoms with van der Waals surface area (Å²) in [4.78, 5) is 36.9. The fourth-order valence-corrected chi connectivity index (χ4v) is 5.54. The minimum atomic E-state index is -0.931. The Morgan fingerprint density at radius 1 is 1.13 bits per heavy atom. The van der Waals surface area contributed by atoms with Crippen LogP contribution in [-0.4, -0.2) is 107 Å². The molecule has 174 valence electrons. The third kappa shape index (κ3) is 7.56. The summed E-state index contributed by atoms with van der Waals surface area (Å²) in [5, 5.41) is 20.6. The molecule has 0 radical (unpaired) electrons. The number of hydrogen-bond acceptors (Lipinski definition) is 9. The summed E-state index contributed by atoms with van der Waals surface area (Å²) in [6.07, 6.45) is 2.12. The van der Waals surface area contributed by atoms with Crippen LogP contribution in [0.25, 0.3) is 0 Å². The van der Waals surface area contributed by atoms with Gasteiger partial charge in [0.25, 0.3) is 0 Å². The van der Waals surface area contributed by atoms with Crippen molar-refractivity contribution in [2.75, 3.05) is 42.3 Å². The third-order valence-electron chi connectivity index (χ3n) is 4.59. The predicted molar refractivity (Wildman–Crippen MR) is 125 cm³/mol. The van der Waals surface area contributed by atoms with Crippen LogP contribution in [0.15, 0.2) is 27.1 Å². The molecule has 0 bridgehead atoms. The Hall–Kier alpha value is -2.02. The summed E-state index contributed by atoms with van der Waals surface area (Å²) in [5.41, 5.74) is 1.26. The van der Waals surface area contributed by atoms with Gasteiger partial charge in [0, 0.05) is 34.0 Å². The van der Waals surface area contributed by atoms with Crippen molar-refractivity contribution in [3.05, 3.63) is 22.7 Å². The first kappa shape index (κ1) is 27.0. The molecule has 0 aromatic carbocycles. The van der Waals surface area contributed by atoms with E-state index in [4.69, 9.17) is 0 Å². The molecule has 0 saturated carbocycles. The molecule has 0 aliphatic carbocycles. The summed E-state index contributed by atoms with van der Waals surface area (Å²) < 4.78 is 1.84. The zero-order valence-electron chi connectivity index (χ0n) is 19.1. The maximum absolute atomic E-state index is 11.6. The second-order valence-corrected chi connectivity index (χ2v) is 9.73. The number of aryl methyl sites for hydroxylation is 1. The molecule has 0 aliphatic heterocycles. The van der Waals surface area contributed by atoms with Gasteiger partial charge in [-0.1, -0.05) is 0 Å². The highest BCUT2D eigenvalue weighted by Crippen LogP contribution is 2.41. The van der Waals surface area contributed by atoms with Gasteiger partial charge in [0.05, 0.1) is 17.7 Å². The van der Waals surface area contributed by atoms with Crippen LogP contribution < -0.4 is 0 Å². The van der Waals surface area contributed by atoms with Crippen LogP contribution in [0.4, 0.5) is 0 Å². The molecule has 1 rings (SSSR count). The topological polar surface area (TPSA) is 114 Å². The average Bonchev–Trinajstić information content (AvgIpc) is 3.00. The Kier molecular flexibility index (Phi) is 10.6. The van der Waals surface area contributed by atoms with Crippen molar-refractivity contribution in [1.82, 2.24) is 24.3 Å². The van der Waals surface area contributed by atoms with Crippen LogP contribution in [-0.2, 0) is 23.1 Å². The zero-order valence-corrected chi connectivity index (χ0v) is 20.7. The molecular weight excluding hydrogens is 440 g/mol. The Balaban J connectivity index is 3.18. The van der Waals surface area contributed by atoms with Crippen molar-refractivity contribution < 1.29 is 19.8 Å². The number of aliphatic carboxylic acids is 2. The van der Waals surface area contributed by atoms with E-state index in [1.165, 1.54) is 21.6 Å². The number of carboxylic acid groups (broad SMARTS) is 2. The number of likely N-dealkylation sites (N-methyl/N-ethyl adjacent to an activating group) is 2. The number of carboxylic acids is 2. The fourth-order valence-electron chi connectivity index (χ4n) is 2.74. The van der Waals surface area contributed by atoms with Gasteiger partial charge in [-0.3, -0.25) is 24.4 Å². The lowest BCUT2D eigenvalue weighted by molar-refractivity contribution is -0.143. The minimum absolute atomic E-state index is 0.201. The van der Waals surface area contributed by atoms with Crippen molar-refractivity contribution in [2.45, 2.75) is 30.0 Å². The van der Waals surface area contributed by atoms with Gasteiger partial charge >= 0.3 is 11.9 Å². The van der Waals surface area contributed by atoms with Gasteiger partial charge in [-0.25, -0.2) is 4.98 Å². The van der Waals surface area contributed by atoms with Crippen molar-refractivity contribution in [3.63, 3.8) is 0 Å². The monoisotopic (exact) mass is 472 g/mol. The van der Waals surface area contributed by atoms with E-state index < -0.39 is 24.0 Å². The van der Waals surface area contributed by atoms with Gasteiger partial charge in [0.15, 0.2) is 0 Å². The number of aromatic nitrogens is 2. The molecule has 0 saturated heterocycles. The molecule has 31 heavy (non-hydrogen) atoms.